The Morgan fingerprint density at radius 3 is 1.47 bits per heavy atom. The van der Waals surface area contributed by atoms with Crippen molar-refractivity contribution in [3.8, 4) is 0 Å². The molecule has 0 bridgehead atoms. The van der Waals surface area contributed by atoms with Crippen LogP contribution in [0.5, 0.6) is 0 Å². The summed E-state index contributed by atoms with van der Waals surface area (Å²) in [6.45, 7) is 9.62. The van der Waals surface area contributed by atoms with Gasteiger partial charge in [0, 0.05) is 13.0 Å². The standard InChI is InChI=1S/C26H54NO2.HI/c1-3-4-5-6-7-8-9-10-11-12-13-14-15-16-17-18-23-28-24-19-20-27(2)21-25-29-26-22-27;/h3-26H2,1-2H3;1H/q+1;/p-1. The number of ether oxygens (including phenoxy) is 2. The van der Waals surface area contributed by atoms with Crippen molar-refractivity contribution >= 4 is 0 Å². The minimum absolute atomic E-state index is 0. The molecule has 30 heavy (non-hydrogen) atoms. The first-order chi connectivity index (χ1) is 14.3. The molecule has 1 fully saturated rings. The number of nitrogens with zero attached hydrogens (tertiary/aromatic N) is 1. The molecule has 0 amide bonds. The highest BCUT2D eigenvalue weighted by molar-refractivity contribution is 4.51. The van der Waals surface area contributed by atoms with Gasteiger partial charge >= 0.3 is 0 Å². The van der Waals surface area contributed by atoms with Gasteiger partial charge in [0.2, 0.25) is 0 Å². The van der Waals surface area contributed by atoms with Crippen molar-refractivity contribution in [2.45, 2.75) is 116 Å². The molecule has 1 aliphatic rings. The molecule has 3 nitrogen and oxygen atoms in total. The topological polar surface area (TPSA) is 18.5 Å². The van der Waals surface area contributed by atoms with Crippen molar-refractivity contribution in [2.24, 2.45) is 0 Å². The van der Waals surface area contributed by atoms with E-state index in [1.807, 2.05) is 0 Å². The molecule has 0 N–H and O–H groups in total. The summed E-state index contributed by atoms with van der Waals surface area (Å²) < 4.78 is 12.5. The van der Waals surface area contributed by atoms with E-state index in [2.05, 4.69) is 14.0 Å². The van der Waals surface area contributed by atoms with Gasteiger partial charge in [0.25, 0.3) is 0 Å². The van der Waals surface area contributed by atoms with E-state index in [4.69, 9.17) is 9.47 Å². The molecular formula is C26H54INO2. The van der Waals surface area contributed by atoms with Crippen LogP contribution in [0.1, 0.15) is 116 Å². The van der Waals surface area contributed by atoms with Crippen LogP contribution < -0.4 is 24.0 Å². The Morgan fingerprint density at radius 1 is 0.600 bits per heavy atom. The Kier molecular flexibility index (Phi) is 23.3. The van der Waals surface area contributed by atoms with Crippen LogP contribution in [0.3, 0.4) is 0 Å². The van der Waals surface area contributed by atoms with E-state index in [0.717, 1.165) is 26.4 Å². The molecule has 4 heteroatoms. The molecular weight excluding hydrogens is 485 g/mol. The second kappa shape index (κ2) is 22.8. The fraction of sp³-hybridized carbons (Fsp3) is 1.00. The van der Waals surface area contributed by atoms with E-state index >= 15 is 0 Å². The lowest BCUT2D eigenvalue weighted by Crippen LogP contribution is -3.00. The third-order valence-corrected chi connectivity index (χ3v) is 6.68. The zero-order valence-electron chi connectivity index (χ0n) is 20.6. The molecule has 0 unspecified atom stereocenters. The molecule has 0 aromatic heterocycles. The quantitative estimate of drug-likeness (QED) is 0.124. The van der Waals surface area contributed by atoms with Gasteiger partial charge in [0.1, 0.15) is 13.1 Å². The lowest BCUT2D eigenvalue weighted by atomic mass is 10.0. The first-order valence-electron chi connectivity index (χ1n) is 13.3. The van der Waals surface area contributed by atoms with Crippen LogP contribution in [0.25, 0.3) is 0 Å². The number of quaternary nitrogens is 1. The van der Waals surface area contributed by atoms with E-state index in [9.17, 15) is 0 Å². The molecule has 1 aliphatic heterocycles. The Labute approximate surface area is 206 Å². The van der Waals surface area contributed by atoms with Crippen LogP contribution in [0.2, 0.25) is 0 Å². The molecule has 0 aromatic carbocycles. The highest BCUT2D eigenvalue weighted by Gasteiger charge is 2.24. The Hall–Kier alpha value is 0.610. The zero-order valence-corrected chi connectivity index (χ0v) is 22.8. The molecule has 0 spiro atoms. The molecule has 0 atom stereocenters. The van der Waals surface area contributed by atoms with E-state index < -0.39 is 0 Å². The summed E-state index contributed by atoms with van der Waals surface area (Å²) in [6, 6.07) is 0. The van der Waals surface area contributed by atoms with Crippen molar-refractivity contribution in [3.63, 3.8) is 0 Å². The first kappa shape index (κ1) is 30.6. The van der Waals surface area contributed by atoms with Gasteiger partial charge in [-0.05, 0) is 6.42 Å². The SMILES string of the molecule is CCCCCCCCCCCCCCCCCCOCCC[N+]1(C)CCOCC1.[I-]. The fourth-order valence-electron chi connectivity index (χ4n) is 4.41. The minimum atomic E-state index is 0. The fourth-order valence-corrected chi connectivity index (χ4v) is 4.41. The molecule has 0 radical (unpaired) electrons. The Balaban J connectivity index is 0.00000841. The predicted molar refractivity (Wildman–Crippen MR) is 127 cm³/mol. The largest absolute Gasteiger partial charge is 1.00 e. The molecule has 1 rings (SSSR count). The lowest BCUT2D eigenvalue weighted by Gasteiger charge is -2.37. The molecule has 1 heterocycles. The second-order valence-electron chi connectivity index (χ2n) is 9.67. The number of hydrogen-bond acceptors (Lipinski definition) is 2. The van der Waals surface area contributed by atoms with Gasteiger partial charge in [-0.15, -0.1) is 0 Å². The average molecular weight is 540 g/mol. The molecule has 0 aromatic rings. The summed E-state index contributed by atoms with van der Waals surface area (Å²) in [6.07, 6.45) is 24.0. The van der Waals surface area contributed by atoms with Crippen LogP contribution in [0.4, 0.5) is 0 Å². The first-order valence-corrected chi connectivity index (χ1v) is 13.3. The summed E-state index contributed by atoms with van der Waals surface area (Å²) in [5.74, 6) is 0. The lowest BCUT2D eigenvalue weighted by molar-refractivity contribution is -0.917. The van der Waals surface area contributed by atoms with Crippen LogP contribution in [-0.4, -0.2) is 57.6 Å². The van der Waals surface area contributed by atoms with Crippen molar-refractivity contribution in [1.82, 2.24) is 0 Å². The van der Waals surface area contributed by atoms with Crippen molar-refractivity contribution in [2.75, 3.05) is 53.1 Å². The third kappa shape index (κ3) is 19.3. The van der Waals surface area contributed by atoms with Crippen LogP contribution in [-0.2, 0) is 9.47 Å². The van der Waals surface area contributed by atoms with Gasteiger partial charge in [-0.1, -0.05) is 103 Å². The number of rotatable bonds is 21. The zero-order chi connectivity index (χ0) is 20.9. The number of morpholine rings is 1. The smallest absolute Gasteiger partial charge is 0.102 e. The number of hydrogen-bond donors (Lipinski definition) is 0. The van der Waals surface area contributed by atoms with Gasteiger partial charge in [0.05, 0.1) is 33.4 Å². The summed E-state index contributed by atoms with van der Waals surface area (Å²) in [5.41, 5.74) is 0. The second-order valence-corrected chi connectivity index (χ2v) is 9.67. The van der Waals surface area contributed by atoms with Crippen LogP contribution in [0.15, 0.2) is 0 Å². The van der Waals surface area contributed by atoms with Gasteiger partial charge in [-0.2, -0.15) is 0 Å². The van der Waals surface area contributed by atoms with Crippen LogP contribution >= 0.6 is 0 Å². The van der Waals surface area contributed by atoms with Gasteiger partial charge < -0.3 is 37.9 Å². The summed E-state index contributed by atoms with van der Waals surface area (Å²) >= 11 is 0. The minimum Gasteiger partial charge on any atom is -1.00 e. The maximum Gasteiger partial charge on any atom is 0.102 e. The Morgan fingerprint density at radius 2 is 1.00 bits per heavy atom. The highest BCUT2D eigenvalue weighted by Crippen LogP contribution is 2.14. The average Bonchev–Trinajstić information content (AvgIpc) is 2.73. The summed E-state index contributed by atoms with van der Waals surface area (Å²) in [7, 11) is 2.36. The normalized spacial score (nSPS) is 15.8. The van der Waals surface area contributed by atoms with Gasteiger partial charge in [-0.25, -0.2) is 0 Å². The van der Waals surface area contributed by atoms with Crippen molar-refractivity contribution < 1.29 is 37.9 Å². The van der Waals surface area contributed by atoms with Gasteiger partial charge in [-0.3, -0.25) is 0 Å². The van der Waals surface area contributed by atoms with Crippen molar-refractivity contribution in [1.29, 1.82) is 0 Å². The molecule has 182 valence electrons. The predicted octanol–water partition coefficient (Wildman–Crippen LogP) is 4.14. The molecule has 0 aliphatic carbocycles. The molecule has 1 saturated heterocycles. The van der Waals surface area contributed by atoms with E-state index in [-0.39, 0.29) is 24.0 Å². The number of likely N-dealkylation sites (N-methyl/N-ethyl adjacent to an activating group) is 1. The third-order valence-electron chi connectivity index (χ3n) is 6.68. The molecule has 0 saturated carbocycles. The summed E-state index contributed by atoms with van der Waals surface area (Å²) in [4.78, 5) is 0. The number of halogens is 1. The van der Waals surface area contributed by atoms with Crippen molar-refractivity contribution in [3.05, 3.63) is 0 Å². The number of unbranched alkanes of at least 4 members (excludes halogenated alkanes) is 15. The van der Waals surface area contributed by atoms with E-state index in [1.54, 1.807) is 0 Å². The van der Waals surface area contributed by atoms with Crippen LogP contribution in [0, 0.1) is 0 Å². The van der Waals surface area contributed by atoms with Gasteiger partial charge in [0.15, 0.2) is 0 Å². The van der Waals surface area contributed by atoms with E-state index in [0.29, 0.717) is 0 Å². The highest BCUT2D eigenvalue weighted by atomic mass is 127. The van der Waals surface area contributed by atoms with E-state index in [1.165, 1.54) is 133 Å². The Bertz CT molecular complexity index is 335. The maximum absolute atomic E-state index is 5.85. The summed E-state index contributed by atoms with van der Waals surface area (Å²) in [5, 5.41) is 0. The monoisotopic (exact) mass is 539 g/mol. The maximum atomic E-state index is 5.85.